The largest absolute Gasteiger partial charge is 0.310 e. The fraction of sp³-hybridized carbons (Fsp3) is 0.367. The molecule has 5 heteroatoms. The lowest BCUT2D eigenvalue weighted by Gasteiger charge is -2.42. The fourth-order valence-electron chi connectivity index (χ4n) is 12.3. The Morgan fingerprint density at radius 1 is 0.381 bits per heavy atom. The SMILES string of the molecule is Cc1cc(N(c2cccc(N(c3ccc(C(C)(C)C)cc3)c3ccc(C(C)(C)C)cc3)c2)c2ccc(C(C)(C)C)cc2-c2ccc(C(C)(C)C)cc2)c(Cl)c(N(c2ccc3c(c2)C(C)(C)CCC3(C)C)c2csc3ccc(C(C)(C)C)cc23)c1. The minimum Gasteiger partial charge on any atom is -0.310 e. The molecule has 0 radical (unpaired) electrons. The summed E-state index contributed by atoms with van der Waals surface area (Å²) in [5, 5.41) is 4.24. The van der Waals surface area contributed by atoms with E-state index in [9.17, 15) is 0 Å². The van der Waals surface area contributed by atoms with E-state index in [0.29, 0.717) is 5.02 Å². The number of nitrogens with zero attached hydrogens (tertiary/aromatic N) is 3. The van der Waals surface area contributed by atoms with Gasteiger partial charge in [-0.15, -0.1) is 11.3 Å². The van der Waals surface area contributed by atoms with Crippen molar-refractivity contribution < 1.29 is 0 Å². The third-order valence-electron chi connectivity index (χ3n) is 17.9. The van der Waals surface area contributed by atoms with Crippen molar-refractivity contribution in [2.24, 2.45) is 0 Å². The van der Waals surface area contributed by atoms with Gasteiger partial charge >= 0.3 is 0 Å². The Balaban J connectivity index is 1.28. The molecule has 0 fully saturated rings. The van der Waals surface area contributed by atoms with Gasteiger partial charge in [0.15, 0.2) is 0 Å². The van der Waals surface area contributed by atoms with Crippen LogP contribution in [0.3, 0.4) is 0 Å². The standard InChI is InChI=1S/C79H92ClN3S/c1-51-44-68(72(80)69(45-51)83(70-50-84-71-41-33-57(47-64(70)71)77(14,15)16)62-38-39-65-66(49-62)79(19,20)43-42-78(65,17)18)82(67-40-32-56(76(11,12)13)46-63(67)52-24-26-53(27-25-52)73(2,3)4)61-23-21-22-60(48-61)81(58-34-28-54(29-35-58)74(5,6)7)59-36-30-55(31-37-59)75(8,9)10/h21-41,44-50H,42-43H2,1-20H3. The van der Waals surface area contributed by atoms with E-state index < -0.39 is 0 Å². The van der Waals surface area contributed by atoms with E-state index in [4.69, 9.17) is 11.6 Å². The van der Waals surface area contributed by atoms with Gasteiger partial charge in [0.1, 0.15) is 0 Å². The molecule has 9 aromatic rings. The van der Waals surface area contributed by atoms with Gasteiger partial charge < -0.3 is 14.7 Å². The highest BCUT2D eigenvalue weighted by molar-refractivity contribution is 7.17. The minimum atomic E-state index is -0.113. The Hall–Kier alpha value is -6.59. The Bertz CT molecular complexity index is 3820. The zero-order valence-electron chi connectivity index (χ0n) is 54.2. The molecule has 10 rings (SSSR count). The highest BCUT2D eigenvalue weighted by atomic mass is 35.5. The number of hydrogen-bond donors (Lipinski definition) is 0. The summed E-state index contributed by atoms with van der Waals surface area (Å²) in [6, 6.07) is 62.7. The third kappa shape index (κ3) is 12.0. The van der Waals surface area contributed by atoms with Crippen LogP contribution in [0.2, 0.25) is 5.02 Å². The van der Waals surface area contributed by atoms with Gasteiger partial charge in [-0.2, -0.15) is 0 Å². The predicted octanol–water partition coefficient (Wildman–Crippen LogP) is 24.8. The van der Waals surface area contributed by atoms with Crippen molar-refractivity contribution in [2.45, 2.75) is 189 Å². The summed E-state index contributed by atoms with van der Waals surface area (Å²) < 4.78 is 1.25. The third-order valence-corrected chi connectivity index (χ3v) is 19.2. The van der Waals surface area contributed by atoms with Crippen molar-refractivity contribution in [1.29, 1.82) is 0 Å². The number of aryl methyl sites for hydroxylation is 1. The van der Waals surface area contributed by atoms with Crippen LogP contribution < -0.4 is 14.7 Å². The van der Waals surface area contributed by atoms with Crippen molar-refractivity contribution in [3.8, 4) is 11.1 Å². The number of hydrogen-bond acceptors (Lipinski definition) is 4. The second kappa shape index (κ2) is 21.7. The zero-order chi connectivity index (χ0) is 60.9. The van der Waals surface area contributed by atoms with Crippen molar-refractivity contribution in [2.75, 3.05) is 14.7 Å². The lowest BCUT2D eigenvalue weighted by atomic mass is 9.63. The number of thiophene rings is 1. The topological polar surface area (TPSA) is 9.72 Å². The molecule has 1 aliphatic carbocycles. The van der Waals surface area contributed by atoms with E-state index in [1.165, 1.54) is 49.0 Å². The lowest BCUT2D eigenvalue weighted by Crippen LogP contribution is -2.34. The zero-order valence-corrected chi connectivity index (χ0v) is 55.8. The highest BCUT2D eigenvalue weighted by Crippen LogP contribution is 2.55. The van der Waals surface area contributed by atoms with Crippen molar-refractivity contribution in [3.63, 3.8) is 0 Å². The molecule has 0 unspecified atom stereocenters. The van der Waals surface area contributed by atoms with Crippen LogP contribution in [0.15, 0.2) is 169 Å². The van der Waals surface area contributed by atoms with E-state index in [1.807, 2.05) is 0 Å². The Morgan fingerprint density at radius 2 is 0.798 bits per heavy atom. The minimum absolute atomic E-state index is 0.00341. The van der Waals surface area contributed by atoms with Crippen LogP contribution in [0.4, 0.5) is 51.2 Å². The number of fused-ring (bicyclic) bond motifs is 2. The van der Waals surface area contributed by atoms with Gasteiger partial charge in [-0.1, -0.05) is 216 Å². The van der Waals surface area contributed by atoms with Crippen LogP contribution >= 0.6 is 22.9 Å². The first-order chi connectivity index (χ1) is 39.1. The molecular weight excluding hydrogens is 1060 g/mol. The molecule has 1 heterocycles. The molecule has 8 aromatic carbocycles. The van der Waals surface area contributed by atoms with Gasteiger partial charge in [0.2, 0.25) is 0 Å². The average molecular weight is 1150 g/mol. The van der Waals surface area contributed by atoms with Crippen LogP contribution in [0.1, 0.15) is 189 Å². The maximum absolute atomic E-state index is 8.52. The fourth-order valence-corrected chi connectivity index (χ4v) is 13.4. The van der Waals surface area contributed by atoms with Crippen molar-refractivity contribution >= 4 is 84.2 Å². The van der Waals surface area contributed by atoms with Gasteiger partial charge in [0, 0.05) is 49.5 Å². The van der Waals surface area contributed by atoms with Crippen LogP contribution in [0.5, 0.6) is 0 Å². The normalized spacial score (nSPS) is 14.6. The van der Waals surface area contributed by atoms with E-state index in [2.05, 4.69) is 322 Å². The Labute approximate surface area is 514 Å². The smallest absolute Gasteiger partial charge is 0.0887 e. The summed E-state index contributed by atoms with van der Waals surface area (Å²) in [5.41, 5.74) is 21.9. The summed E-state index contributed by atoms with van der Waals surface area (Å²) in [5.74, 6) is 0. The molecule has 0 N–H and O–H groups in total. The number of rotatable bonds is 10. The molecule has 1 aromatic heterocycles. The molecule has 0 saturated carbocycles. The number of anilines is 9. The molecule has 84 heavy (non-hydrogen) atoms. The molecule has 0 aliphatic heterocycles. The maximum Gasteiger partial charge on any atom is 0.0887 e. The van der Waals surface area contributed by atoms with E-state index in [-0.39, 0.29) is 37.9 Å². The van der Waals surface area contributed by atoms with Crippen LogP contribution in [0, 0.1) is 6.92 Å². The molecule has 0 saturated heterocycles. The Kier molecular flexibility index (Phi) is 15.7. The van der Waals surface area contributed by atoms with Crippen LogP contribution in [0.25, 0.3) is 21.2 Å². The summed E-state index contributed by atoms with van der Waals surface area (Å²) >= 11 is 10.3. The first-order valence-electron chi connectivity index (χ1n) is 30.5. The Morgan fingerprint density at radius 3 is 1.31 bits per heavy atom. The first kappa shape index (κ1) is 60.5. The van der Waals surface area contributed by atoms with Crippen molar-refractivity contribution in [3.05, 3.63) is 219 Å². The molecule has 436 valence electrons. The molecule has 1 aliphatic rings. The van der Waals surface area contributed by atoms with Crippen molar-refractivity contribution in [1.82, 2.24) is 0 Å². The number of benzene rings is 8. The van der Waals surface area contributed by atoms with E-state index in [1.54, 1.807) is 11.3 Å². The molecule has 0 amide bonds. The second-order valence-electron chi connectivity index (χ2n) is 30.6. The van der Waals surface area contributed by atoms with Gasteiger partial charge in [0.05, 0.1) is 27.8 Å². The maximum atomic E-state index is 8.52. The summed E-state index contributed by atoms with van der Waals surface area (Å²) in [6.07, 6.45) is 2.27. The summed E-state index contributed by atoms with van der Waals surface area (Å²) in [4.78, 5) is 7.34. The number of halogens is 1. The van der Waals surface area contributed by atoms with Gasteiger partial charge in [-0.25, -0.2) is 0 Å². The summed E-state index contributed by atoms with van der Waals surface area (Å²) in [7, 11) is 0. The highest BCUT2D eigenvalue weighted by Gasteiger charge is 2.38. The van der Waals surface area contributed by atoms with Crippen LogP contribution in [-0.2, 0) is 37.9 Å². The van der Waals surface area contributed by atoms with Gasteiger partial charge in [-0.3, -0.25) is 0 Å². The summed E-state index contributed by atoms with van der Waals surface area (Å²) in [6.45, 7) is 46.3. The molecule has 0 bridgehead atoms. The molecular formula is C79H92ClN3S. The first-order valence-corrected chi connectivity index (χ1v) is 31.8. The van der Waals surface area contributed by atoms with E-state index >= 15 is 0 Å². The second-order valence-corrected chi connectivity index (χ2v) is 31.9. The monoisotopic (exact) mass is 1150 g/mol. The lowest BCUT2D eigenvalue weighted by molar-refractivity contribution is 0.332. The van der Waals surface area contributed by atoms with Crippen LogP contribution in [-0.4, -0.2) is 0 Å². The predicted molar refractivity (Wildman–Crippen MR) is 370 cm³/mol. The van der Waals surface area contributed by atoms with Gasteiger partial charge in [0.25, 0.3) is 0 Å². The van der Waals surface area contributed by atoms with Gasteiger partial charge in [-0.05, 0) is 199 Å². The molecule has 3 nitrogen and oxygen atoms in total. The quantitative estimate of drug-likeness (QED) is 0.135. The molecule has 0 atom stereocenters. The molecule has 0 spiro atoms. The average Bonchev–Trinajstić information content (AvgIpc) is 3.69. The van der Waals surface area contributed by atoms with E-state index in [0.717, 1.165) is 80.7 Å².